The van der Waals surface area contributed by atoms with E-state index < -0.39 is 39.7 Å². The number of carboxylic acid groups (broad SMARTS) is 1. The summed E-state index contributed by atoms with van der Waals surface area (Å²) in [5.41, 5.74) is -3.72. The van der Waals surface area contributed by atoms with Crippen molar-refractivity contribution in [3.05, 3.63) is 0 Å². The molecule has 0 aromatic heterocycles. The van der Waals surface area contributed by atoms with Crippen LogP contribution in [0.25, 0.3) is 0 Å². The van der Waals surface area contributed by atoms with Crippen LogP contribution in [0.3, 0.4) is 0 Å². The number of nitrogens with one attached hydrogen (secondary N) is 1. The minimum atomic E-state index is -3.96. The van der Waals surface area contributed by atoms with Crippen molar-refractivity contribution in [1.29, 1.82) is 0 Å². The van der Waals surface area contributed by atoms with Crippen LogP contribution in [0.5, 0.6) is 0 Å². The van der Waals surface area contributed by atoms with Crippen LogP contribution >= 0.6 is 0 Å². The summed E-state index contributed by atoms with van der Waals surface area (Å²) < 4.78 is 33.5. The van der Waals surface area contributed by atoms with Crippen LogP contribution < -0.4 is 5.32 Å². The van der Waals surface area contributed by atoms with Gasteiger partial charge in [-0.25, -0.2) is 4.79 Å². The third-order valence-electron chi connectivity index (χ3n) is 4.01. The van der Waals surface area contributed by atoms with Crippen LogP contribution in [-0.2, 0) is 33.4 Å². The molecular formula is C16H29NO9S. The molecule has 158 valence electrons. The molecule has 0 aromatic carbocycles. The number of ether oxygens (including phenoxy) is 1. The van der Waals surface area contributed by atoms with Crippen LogP contribution in [-0.4, -0.2) is 67.6 Å². The van der Waals surface area contributed by atoms with E-state index in [-0.39, 0.29) is 44.1 Å². The third-order valence-corrected chi connectivity index (χ3v) is 5.27. The number of hydrogen-bond acceptors (Lipinski definition) is 8. The van der Waals surface area contributed by atoms with Gasteiger partial charge in [0, 0.05) is 25.8 Å². The number of carbonyl (C=O) groups excluding carboxylic acids is 2. The Morgan fingerprint density at radius 3 is 2.19 bits per heavy atom. The number of esters is 1. The van der Waals surface area contributed by atoms with E-state index in [1.54, 1.807) is 0 Å². The Hall–Kier alpha value is -1.72. The predicted octanol–water partition coefficient (Wildman–Crippen LogP) is 0.0442. The van der Waals surface area contributed by atoms with E-state index in [4.69, 9.17) is 8.92 Å². The molecule has 1 atom stereocenters. The van der Waals surface area contributed by atoms with Gasteiger partial charge in [-0.3, -0.25) is 13.8 Å². The summed E-state index contributed by atoms with van der Waals surface area (Å²) in [6, 6.07) is 0. The van der Waals surface area contributed by atoms with Crippen molar-refractivity contribution in [3.8, 4) is 0 Å². The lowest BCUT2D eigenvalue weighted by atomic mass is 9.73. The van der Waals surface area contributed by atoms with E-state index in [0.29, 0.717) is 0 Å². The fraction of sp³-hybridized carbons (Fsp3) is 0.812. The first-order valence-electron chi connectivity index (χ1n) is 8.44. The van der Waals surface area contributed by atoms with Crippen molar-refractivity contribution >= 4 is 28.0 Å². The monoisotopic (exact) mass is 411 g/mol. The van der Waals surface area contributed by atoms with Gasteiger partial charge >= 0.3 is 11.9 Å². The fourth-order valence-electron chi connectivity index (χ4n) is 2.21. The van der Waals surface area contributed by atoms with E-state index in [2.05, 4.69) is 5.32 Å². The van der Waals surface area contributed by atoms with E-state index in [1.807, 2.05) is 0 Å². The standard InChI is InChI=1S/C16H29NO9S/c1-12(18)17-8-6-10-27(23,24)26-11-15(3,4)16(22,14(20)21)7-5-9-25-13(2)19/h22H,5-11H2,1-4H3,(H,17,18)(H,20,21)/t16-/m0/s1. The van der Waals surface area contributed by atoms with Gasteiger partial charge in [0.25, 0.3) is 10.1 Å². The van der Waals surface area contributed by atoms with Gasteiger partial charge in [0.2, 0.25) is 5.91 Å². The molecule has 0 aliphatic rings. The van der Waals surface area contributed by atoms with Gasteiger partial charge in [-0.1, -0.05) is 13.8 Å². The van der Waals surface area contributed by atoms with Crippen LogP contribution in [0.15, 0.2) is 0 Å². The molecule has 0 saturated carbocycles. The normalized spacial score (nSPS) is 14.3. The largest absolute Gasteiger partial charge is 0.479 e. The average Bonchev–Trinajstić information content (AvgIpc) is 2.53. The highest BCUT2D eigenvalue weighted by molar-refractivity contribution is 7.86. The first-order chi connectivity index (χ1) is 12.2. The summed E-state index contributed by atoms with van der Waals surface area (Å²) in [5, 5.41) is 22.5. The molecule has 1 amide bonds. The summed E-state index contributed by atoms with van der Waals surface area (Å²) in [7, 11) is -3.96. The third kappa shape index (κ3) is 9.16. The zero-order valence-electron chi connectivity index (χ0n) is 16.1. The maximum absolute atomic E-state index is 11.9. The highest BCUT2D eigenvalue weighted by atomic mass is 32.2. The second-order valence-electron chi connectivity index (χ2n) is 6.85. The Labute approximate surface area is 159 Å². The van der Waals surface area contributed by atoms with Gasteiger partial charge in [0.05, 0.1) is 19.0 Å². The number of aliphatic carboxylic acids is 1. The molecule has 0 heterocycles. The van der Waals surface area contributed by atoms with Gasteiger partial charge < -0.3 is 20.3 Å². The van der Waals surface area contributed by atoms with Gasteiger partial charge in [-0.15, -0.1) is 0 Å². The molecule has 3 N–H and O–H groups in total. The summed E-state index contributed by atoms with van der Waals surface area (Å²) in [6.45, 7) is 4.81. The molecule has 27 heavy (non-hydrogen) atoms. The molecular weight excluding hydrogens is 382 g/mol. The van der Waals surface area contributed by atoms with Gasteiger partial charge in [0.1, 0.15) is 0 Å². The van der Waals surface area contributed by atoms with Gasteiger partial charge in [-0.05, 0) is 19.3 Å². The number of hydrogen-bond donors (Lipinski definition) is 3. The average molecular weight is 411 g/mol. The van der Waals surface area contributed by atoms with Crippen LogP contribution in [0.4, 0.5) is 0 Å². The van der Waals surface area contributed by atoms with Crippen molar-refractivity contribution < 1.29 is 41.9 Å². The number of rotatable bonds is 13. The molecule has 11 heteroatoms. The molecule has 0 saturated heterocycles. The van der Waals surface area contributed by atoms with Crippen LogP contribution in [0.2, 0.25) is 0 Å². The Bertz CT molecular complexity index is 630. The molecule has 0 radical (unpaired) electrons. The number of carbonyl (C=O) groups is 3. The maximum Gasteiger partial charge on any atom is 0.336 e. The number of aliphatic hydroxyl groups is 1. The Kier molecular flexibility index (Phi) is 9.90. The molecule has 0 rings (SSSR count). The summed E-state index contributed by atoms with van der Waals surface area (Å²) >= 11 is 0. The molecule has 0 unspecified atom stereocenters. The zero-order chi connectivity index (χ0) is 21.3. The molecule has 0 aliphatic carbocycles. The smallest absolute Gasteiger partial charge is 0.336 e. The minimum Gasteiger partial charge on any atom is -0.479 e. The lowest BCUT2D eigenvalue weighted by molar-refractivity contribution is -0.177. The quantitative estimate of drug-likeness (QED) is 0.216. The lowest BCUT2D eigenvalue weighted by Gasteiger charge is -2.38. The SMILES string of the molecule is CC(=O)NCCCS(=O)(=O)OCC(C)(C)[C@](O)(CCCOC(C)=O)C(=O)O. The molecule has 10 nitrogen and oxygen atoms in total. The molecule has 0 aromatic rings. The van der Waals surface area contributed by atoms with Crippen molar-refractivity contribution in [2.24, 2.45) is 5.41 Å². The highest BCUT2D eigenvalue weighted by Gasteiger charge is 2.50. The summed E-state index contributed by atoms with van der Waals surface area (Å²) in [5.74, 6) is -2.69. The Balaban J connectivity index is 4.82. The number of carboxylic acids is 1. The predicted molar refractivity (Wildman–Crippen MR) is 95.3 cm³/mol. The fourth-order valence-corrected chi connectivity index (χ4v) is 3.30. The van der Waals surface area contributed by atoms with Crippen LogP contribution in [0, 0.1) is 5.41 Å². The van der Waals surface area contributed by atoms with E-state index in [0.717, 1.165) is 0 Å². The lowest BCUT2D eigenvalue weighted by Crippen LogP contribution is -2.54. The summed E-state index contributed by atoms with van der Waals surface area (Å²) in [4.78, 5) is 33.1. The minimum absolute atomic E-state index is 0.0662. The highest BCUT2D eigenvalue weighted by Crippen LogP contribution is 2.36. The topological polar surface area (TPSA) is 156 Å². The molecule has 0 spiro atoms. The van der Waals surface area contributed by atoms with Crippen molar-refractivity contribution in [2.75, 3.05) is 25.5 Å². The first-order valence-corrected chi connectivity index (χ1v) is 10.0. The van der Waals surface area contributed by atoms with Gasteiger partial charge in [-0.2, -0.15) is 8.42 Å². The second kappa shape index (κ2) is 10.6. The van der Waals surface area contributed by atoms with E-state index in [1.165, 1.54) is 27.7 Å². The van der Waals surface area contributed by atoms with Gasteiger partial charge in [0.15, 0.2) is 5.60 Å². The van der Waals surface area contributed by atoms with Crippen molar-refractivity contribution in [1.82, 2.24) is 5.32 Å². The first kappa shape index (κ1) is 25.3. The maximum atomic E-state index is 11.9. The molecule has 0 bridgehead atoms. The van der Waals surface area contributed by atoms with Crippen molar-refractivity contribution in [2.45, 2.75) is 52.6 Å². The zero-order valence-corrected chi connectivity index (χ0v) is 16.9. The Morgan fingerprint density at radius 1 is 1.11 bits per heavy atom. The summed E-state index contributed by atoms with van der Waals surface area (Å²) in [6.07, 6.45) is -0.0439. The van der Waals surface area contributed by atoms with Crippen molar-refractivity contribution in [3.63, 3.8) is 0 Å². The molecule has 0 fully saturated rings. The van der Waals surface area contributed by atoms with Crippen LogP contribution in [0.1, 0.15) is 47.0 Å². The van der Waals surface area contributed by atoms with E-state index in [9.17, 15) is 33.0 Å². The second-order valence-corrected chi connectivity index (χ2v) is 8.61. The molecule has 0 aliphatic heterocycles. The Morgan fingerprint density at radius 2 is 1.70 bits per heavy atom. The van der Waals surface area contributed by atoms with E-state index >= 15 is 0 Å². The number of amides is 1.